The maximum Gasteiger partial charge on any atom is 0.416 e. The minimum Gasteiger partial charge on any atom is -0.390 e. The molecule has 0 radical (unpaired) electrons. The first-order valence-corrected chi connectivity index (χ1v) is 14.8. The molecular weight excluding hydrogens is 607 g/mol. The molecule has 2 heterocycles. The summed E-state index contributed by atoms with van der Waals surface area (Å²) in [5.41, 5.74) is -2.75. The van der Waals surface area contributed by atoms with E-state index in [1.54, 1.807) is 31.7 Å². The van der Waals surface area contributed by atoms with Crippen molar-refractivity contribution in [3.05, 3.63) is 70.0 Å². The molecule has 2 aliphatic rings. The fourth-order valence-electron chi connectivity index (χ4n) is 6.13. The summed E-state index contributed by atoms with van der Waals surface area (Å²) in [4.78, 5) is 29.9. The molecule has 2 amide bonds. The van der Waals surface area contributed by atoms with Gasteiger partial charge >= 0.3 is 12.4 Å². The first kappa shape index (κ1) is 34.7. The molecule has 0 aromatic heterocycles. The number of carbonyl (C=O) groups excluding carboxylic acids is 2. The zero-order valence-corrected chi connectivity index (χ0v) is 25.5. The van der Waals surface area contributed by atoms with E-state index in [0.29, 0.717) is 50.3 Å². The Bertz CT molecular complexity index is 1370. The molecule has 2 saturated heterocycles. The Kier molecular flexibility index (Phi) is 9.94. The Hall–Kier alpha value is -3.19. The molecule has 0 spiro atoms. The number of aryl methyl sites for hydroxylation is 1. The largest absolute Gasteiger partial charge is 0.416 e. The molecule has 6 nitrogen and oxygen atoms in total. The van der Waals surface area contributed by atoms with E-state index in [-0.39, 0.29) is 42.5 Å². The van der Waals surface area contributed by atoms with Gasteiger partial charge in [0.15, 0.2) is 0 Å². The molecule has 0 unspecified atom stereocenters. The first-order valence-electron chi connectivity index (χ1n) is 14.8. The minimum absolute atomic E-state index is 0.00416. The lowest BCUT2D eigenvalue weighted by molar-refractivity contribution is -0.144. The molecule has 3 atom stereocenters. The van der Waals surface area contributed by atoms with Crippen molar-refractivity contribution in [3.8, 4) is 0 Å². The van der Waals surface area contributed by atoms with Crippen LogP contribution in [0.5, 0.6) is 0 Å². The third kappa shape index (κ3) is 8.55. The Morgan fingerprint density at radius 2 is 1.58 bits per heavy atom. The molecule has 2 N–H and O–H groups in total. The average Bonchev–Trinajstić information content (AvgIpc) is 2.88. The summed E-state index contributed by atoms with van der Waals surface area (Å²) in [6, 6.07) is 5.76. The summed E-state index contributed by atoms with van der Waals surface area (Å²) < 4.78 is 94.2. The van der Waals surface area contributed by atoms with Gasteiger partial charge in [0, 0.05) is 44.1 Å². The molecule has 248 valence electrons. The third-order valence-electron chi connectivity index (χ3n) is 8.69. The summed E-state index contributed by atoms with van der Waals surface area (Å²) in [6.07, 6.45) is -9.56. The van der Waals surface area contributed by atoms with Crippen molar-refractivity contribution in [2.75, 3.05) is 32.7 Å². The zero-order valence-electron chi connectivity index (χ0n) is 25.5. The number of likely N-dealkylation sites (tertiary alicyclic amines) is 2. The molecule has 45 heavy (non-hydrogen) atoms. The van der Waals surface area contributed by atoms with Crippen LogP contribution in [0.25, 0.3) is 0 Å². The number of hydrogen-bond acceptors (Lipinski definition) is 4. The number of carbonyl (C=O) groups is 2. The van der Waals surface area contributed by atoms with E-state index in [2.05, 4.69) is 10.2 Å². The molecule has 4 rings (SSSR count). The SMILES string of the molecule is Cc1cc(F)ccc1[C@H]1CN(C2CN(C(=O)CC(C)(C)O)C2)CC[C@@H]1C(=O)NC[C@@H](C)c1cc(C(F)(F)F)cc(C(F)(F)F)c1. The fourth-order valence-corrected chi connectivity index (χ4v) is 6.13. The van der Waals surface area contributed by atoms with Gasteiger partial charge in [0.2, 0.25) is 11.8 Å². The molecule has 0 bridgehead atoms. The highest BCUT2D eigenvalue weighted by molar-refractivity contribution is 5.80. The number of hydrogen-bond donors (Lipinski definition) is 2. The molecule has 2 aliphatic heterocycles. The highest BCUT2D eigenvalue weighted by Gasteiger charge is 2.43. The van der Waals surface area contributed by atoms with Crippen LogP contribution < -0.4 is 5.32 Å². The standard InChI is InChI=1S/C32H38F7N3O3/c1-18-9-23(33)5-6-25(18)27-17-41(24-15-42(16-24)28(43)13-30(3,4)45)8-7-26(27)29(44)40-14-19(2)20-10-21(31(34,35)36)12-22(11-20)32(37,38)39/h5-6,9-12,19,24,26-27,45H,7-8,13-17H2,1-4H3,(H,40,44)/t19-,26+,27-/m1/s1. The molecule has 0 saturated carbocycles. The van der Waals surface area contributed by atoms with Crippen molar-refractivity contribution in [2.45, 2.75) is 76.4 Å². The van der Waals surface area contributed by atoms with Gasteiger partial charge in [0.1, 0.15) is 5.82 Å². The smallest absolute Gasteiger partial charge is 0.390 e. The number of benzene rings is 2. The summed E-state index contributed by atoms with van der Waals surface area (Å²) >= 11 is 0. The van der Waals surface area contributed by atoms with E-state index >= 15 is 0 Å². The van der Waals surface area contributed by atoms with E-state index in [1.165, 1.54) is 19.1 Å². The van der Waals surface area contributed by atoms with E-state index in [1.807, 2.05) is 0 Å². The normalized spacial score (nSPS) is 20.9. The lowest BCUT2D eigenvalue weighted by atomic mass is 9.77. The number of nitrogens with zero attached hydrogens (tertiary/aromatic N) is 2. The van der Waals surface area contributed by atoms with Crippen LogP contribution in [-0.4, -0.2) is 71.1 Å². The van der Waals surface area contributed by atoms with Crippen LogP contribution in [0.4, 0.5) is 30.7 Å². The number of nitrogens with one attached hydrogen (secondary N) is 1. The van der Waals surface area contributed by atoms with Crippen molar-refractivity contribution < 1.29 is 45.4 Å². The van der Waals surface area contributed by atoms with Gasteiger partial charge in [-0.2, -0.15) is 26.3 Å². The first-order chi connectivity index (χ1) is 20.7. The minimum atomic E-state index is -4.98. The fraction of sp³-hybridized carbons (Fsp3) is 0.562. The summed E-state index contributed by atoms with van der Waals surface area (Å²) in [6.45, 7) is 8.01. The van der Waals surface area contributed by atoms with Crippen molar-refractivity contribution in [2.24, 2.45) is 5.92 Å². The molecule has 2 fully saturated rings. The van der Waals surface area contributed by atoms with Crippen molar-refractivity contribution in [1.29, 1.82) is 0 Å². The lowest BCUT2D eigenvalue weighted by Crippen LogP contribution is -2.63. The molecular formula is C32H38F7N3O3. The maximum atomic E-state index is 14.0. The second kappa shape index (κ2) is 12.9. The van der Waals surface area contributed by atoms with Gasteiger partial charge in [-0.1, -0.05) is 13.0 Å². The zero-order chi connectivity index (χ0) is 33.5. The highest BCUT2D eigenvalue weighted by Crippen LogP contribution is 2.39. The number of halogens is 7. The number of amides is 2. The van der Waals surface area contributed by atoms with Crippen LogP contribution in [0.1, 0.15) is 73.3 Å². The number of rotatable bonds is 8. The van der Waals surface area contributed by atoms with Gasteiger partial charge in [-0.3, -0.25) is 14.5 Å². The van der Waals surface area contributed by atoms with E-state index in [0.717, 1.165) is 5.56 Å². The average molecular weight is 646 g/mol. The topological polar surface area (TPSA) is 72.9 Å². The van der Waals surface area contributed by atoms with Gasteiger partial charge in [-0.05, 0) is 86.7 Å². The second-order valence-electron chi connectivity index (χ2n) is 12.9. The maximum absolute atomic E-state index is 14.0. The van der Waals surface area contributed by atoms with Crippen molar-refractivity contribution in [1.82, 2.24) is 15.1 Å². The van der Waals surface area contributed by atoms with Crippen LogP contribution in [0.15, 0.2) is 36.4 Å². The molecule has 2 aromatic rings. The molecule has 0 aliphatic carbocycles. The Morgan fingerprint density at radius 3 is 2.11 bits per heavy atom. The van der Waals surface area contributed by atoms with Crippen LogP contribution in [0.2, 0.25) is 0 Å². The quantitative estimate of drug-likeness (QED) is 0.353. The van der Waals surface area contributed by atoms with Gasteiger partial charge in [-0.25, -0.2) is 4.39 Å². The summed E-state index contributed by atoms with van der Waals surface area (Å²) in [5, 5.41) is 12.7. The van der Waals surface area contributed by atoms with E-state index in [9.17, 15) is 45.4 Å². The predicted octanol–water partition coefficient (Wildman–Crippen LogP) is 5.87. The van der Waals surface area contributed by atoms with Gasteiger partial charge in [-0.15, -0.1) is 0 Å². The number of alkyl halides is 6. The predicted molar refractivity (Wildman–Crippen MR) is 153 cm³/mol. The second-order valence-corrected chi connectivity index (χ2v) is 12.9. The monoisotopic (exact) mass is 645 g/mol. The number of aliphatic hydroxyl groups is 1. The van der Waals surface area contributed by atoms with Gasteiger partial charge in [0.25, 0.3) is 0 Å². The van der Waals surface area contributed by atoms with Crippen LogP contribution in [-0.2, 0) is 21.9 Å². The van der Waals surface area contributed by atoms with E-state index in [4.69, 9.17) is 0 Å². The number of piperidine rings is 1. The van der Waals surface area contributed by atoms with Crippen molar-refractivity contribution >= 4 is 11.8 Å². The third-order valence-corrected chi connectivity index (χ3v) is 8.69. The Labute approximate surface area is 257 Å². The highest BCUT2D eigenvalue weighted by atomic mass is 19.4. The van der Waals surface area contributed by atoms with Crippen LogP contribution in [0.3, 0.4) is 0 Å². The summed E-state index contributed by atoms with van der Waals surface area (Å²) in [5.74, 6) is -2.80. The Balaban J connectivity index is 1.48. The van der Waals surface area contributed by atoms with E-state index < -0.39 is 52.6 Å². The Morgan fingerprint density at radius 1 is 0.978 bits per heavy atom. The van der Waals surface area contributed by atoms with Gasteiger partial charge < -0.3 is 15.3 Å². The molecule has 13 heteroatoms. The van der Waals surface area contributed by atoms with Gasteiger partial charge in [0.05, 0.1) is 23.1 Å². The lowest BCUT2D eigenvalue weighted by Gasteiger charge is -2.49. The van der Waals surface area contributed by atoms with Crippen molar-refractivity contribution in [3.63, 3.8) is 0 Å². The molecule has 2 aromatic carbocycles. The summed E-state index contributed by atoms with van der Waals surface area (Å²) in [7, 11) is 0. The van der Waals surface area contributed by atoms with Crippen LogP contribution in [0, 0.1) is 18.7 Å². The van der Waals surface area contributed by atoms with Crippen LogP contribution >= 0.6 is 0 Å².